The Morgan fingerprint density at radius 3 is 2.63 bits per heavy atom. The molecule has 0 bridgehead atoms. The summed E-state index contributed by atoms with van der Waals surface area (Å²) in [4.78, 5) is 14.8. The number of piperidine rings is 1. The van der Waals surface area contributed by atoms with Gasteiger partial charge in [0, 0.05) is 37.3 Å². The highest BCUT2D eigenvalue weighted by Gasteiger charge is 2.25. The van der Waals surface area contributed by atoms with Crippen molar-refractivity contribution < 1.29 is 0 Å². The van der Waals surface area contributed by atoms with Crippen molar-refractivity contribution in [2.24, 2.45) is 0 Å². The average molecular weight is 369 g/mol. The Bertz CT molecular complexity index is 787. The molecule has 2 N–H and O–H groups in total. The van der Waals surface area contributed by atoms with Gasteiger partial charge in [0.05, 0.1) is 5.69 Å². The third kappa shape index (κ3) is 4.85. The summed E-state index contributed by atoms with van der Waals surface area (Å²) in [7, 11) is 0. The SMILES string of the molecule is CCc1n[nH]c(=O)c(CN[C@@H]2CCN(Cc3ccccc3)[C@H](C)C2)c1CC. The number of likely N-dealkylation sites (tertiary alicyclic amines) is 1. The van der Waals surface area contributed by atoms with Gasteiger partial charge < -0.3 is 5.32 Å². The summed E-state index contributed by atoms with van der Waals surface area (Å²) in [5.74, 6) is 0. The van der Waals surface area contributed by atoms with Crippen molar-refractivity contribution in [2.45, 2.75) is 71.6 Å². The molecule has 2 atom stereocenters. The highest BCUT2D eigenvalue weighted by Crippen LogP contribution is 2.20. The van der Waals surface area contributed by atoms with E-state index in [4.69, 9.17) is 0 Å². The van der Waals surface area contributed by atoms with Gasteiger partial charge in [-0.1, -0.05) is 44.2 Å². The van der Waals surface area contributed by atoms with Crippen LogP contribution < -0.4 is 10.9 Å². The summed E-state index contributed by atoms with van der Waals surface area (Å²) in [6.45, 7) is 9.22. The van der Waals surface area contributed by atoms with Gasteiger partial charge in [0.1, 0.15) is 0 Å². The molecule has 0 amide bonds. The minimum atomic E-state index is -0.0499. The number of rotatable bonds is 7. The zero-order chi connectivity index (χ0) is 19.2. The Morgan fingerprint density at radius 1 is 1.19 bits per heavy atom. The number of aryl methyl sites for hydroxylation is 1. The number of nitrogens with zero attached hydrogens (tertiary/aromatic N) is 2. The maximum atomic E-state index is 12.3. The van der Waals surface area contributed by atoms with Crippen molar-refractivity contribution in [3.63, 3.8) is 0 Å². The molecule has 146 valence electrons. The Labute approximate surface area is 162 Å². The monoisotopic (exact) mass is 368 g/mol. The van der Waals surface area contributed by atoms with Crippen molar-refractivity contribution in [1.82, 2.24) is 20.4 Å². The maximum Gasteiger partial charge on any atom is 0.268 e. The number of aromatic amines is 1. The van der Waals surface area contributed by atoms with Crippen LogP contribution in [0.4, 0.5) is 0 Å². The third-order valence-corrected chi connectivity index (χ3v) is 5.78. The second kappa shape index (κ2) is 9.29. The predicted octanol–water partition coefficient (Wildman–Crippen LogP) is 3.04. The van der Waals surface area contributed by atoms with E-state index >= 15 is 0 Å². The number of hydrogen-bond acceptors (Lipinski definition) is 4. The molecule has 0 radical (unpaired) electrons. The van der Waals surface area contributed by atoms with Crippen molar-refractivity contribution in [3.8, 4) is 0 Å². The summed E-state index contributed by atoms with van der Waals surface area (Å²) in [5.41, 5.74) is 4.32. The van der Waals surface area contributed by atoms with Gasteiger partial charge in [-0.2, -0.15) is 5.10 Å². The number of H-pyrrole nitrogens is 1. The van der Waals surface area contributed by atoms with Crippen LogP contribution in [0, 0.1) is 0 Å². The molecular formula is C22H32N4O. The maximum absolute atomic E-state index is 12.3. The molecule has 0 saturated carbocycles. The van der Waals surface area contributed by atoms with Gasteiger partial charge in [-0.15, -0.1) is 0 Å². The second-order valence-electron chi connectivity index (χ2n) is 7.57. The molecule has 27 heavy (non-hydrogen) atoms. The Hall–Kier alpha value is -1.98. The molecule has 0 unspecified atom stereocenters. The lowest BCUT2D eigenvalue weighted by molar-refractivity contribution is 0.128. The molecule has 5 nitrogen and oxygen atoms in total. The lowest BCUT2D eigenvalue weighted by atomic mass is 9.96. The van der Waals surface area contributed by atoms with Gasteiger partial charge in [-0.3, -0.25) is 9.69 Å². The first-order valence-electron chi connectivity index (χ1n) is 10.2. The summed E-state index contributed by atoms with van der Waals surface area (Å²) in [6, 6.07) is 11.7. The number of benzene rings is 1. The molecule has 5 heteroatoms. The van der Waals surface area contributed by atoms with Gasteiger partial charge in [0.15, 0.2) is 0 Å². The van der Waals surface area contributed by atoms with Gasteiger partial charge in [-0.25, -0.2) is 5.10 Å². The fourth-order valence-corrected chi connectivity index (χ4v) is 4.17. The number of hydrogen-bond donors (Lipinski definition) is 2. The van der Waals surface area contributed by atoms with Crippen molar-refractivity contribution in [1.29, 1.82) is 0 Å². The molecule has 1 aromatic carbocycles. The summed E-state index contributed by atoms with van der Waals surface area (Å²) in [6.07, 6.45) is 3.92. The third-order valence-electron chi connectivity index (χ3n) is 5.78. The van der Waals surface area contributed by atoms with E-state index in [0.29, 0.717) is 18.6 Å². The molecule has 1 aliphatic rings. The Kier molecular flexibility index (Phi) is 6.80. The first-order chi connectivity index (χ1) is 13.1. The van der Waals surface area contributed by atoms with Gasteiger partial charge in [0.25, 0.3) is 5.56 Å². The van der Waals surface area contributed by atoms with E-state index in [0.717, 1.165) is 55.6 Å². The standard InChI is InChI=1S/C22H32N4O/c1-4-19-20(22(27)25-24-21(19)5-2)14-23-18-11-12-26(16(3)13-18)15-17-9-7-6-8-10-17/h6-10,16,18,23H,4-5,11-15H2,1-3H3,(H,25,27)/t16-,18-/m1/s1. The van der Waals surface area contributed by atoms with Crippen LogP contribution in [0.2, 0.25) is 0 Å². The molecule has 2 aromatic rings. The highest BCUT2D eigenvalue weighted by molar-refractivity contribution is 5.28. The fourth-order valence-electron chi connectivity index (χ4n) is 4.17. The van der Waals surface area contributed by atoms with Crippen molar-refractivity contribution >= 4 is 0 Å². The van der Waals surface area contributed by atoms with Crippen LogP contribution in [0.3, 0.4) is 0 Å². The lowest BCUT2D eigenvalue weighted by Gasteiger charge is -2.38. The summed E-state index contributed by atoms with van der Waals surface area (Å²) < 4.78 is 0. The smallest absolute Gasteiger partial charge is 0.268 e. The van der Waals surface area contributed by atoms with Crippen LogP contribution in [0.5, 0.6) is 0 Å². The molecule has 0 spiro atoms. The number of nitrogens with one attached hydrogen (secondary N) is 2. The van der Waals surface area contributed by atoms with Crippen LogP contribution in [0.15, 0.2) is 35.1 Å². The molecule has 3 rings (SSSR count). The Balaban J connectivity index is 1.59. The molecule has 1 aliphatic heterocycles. The van der Waals surface area contributed by atoms with Gasteiger partial charge in [-0.05, 0) is 43.7 Å². The van der Waals surface area contributed by atoms with E-state index < -0.39 is 0 Å². The van der Waals surface area contributed by atoms with E-state index in [1.54, 1.807) is 0 Å². The minimum absolute atomic E-state index is 0.0499. The zero-order valence-electron chi connectivity index (χ0n) is 16.8. The fraction of sp³-hybridized carbons (Fsp3) is 0.545. The zero-order valence-corrected chi connectivity index (χ0v) is 16.8. The average Bonchev–Trinajstić information content (AvgIpc) is 2.69. The largest absolute Gasteiger partial charge is 0.310 e. The van der Waals surface area contributed by atoms with Crippen LogP contribution in [-0.2, 0) is 25.9 Å². The predicted molar refractivity (Wildman–Crippen MR) is 110 cm³/mol. The van der Waals surface area contributed by atoms with E-state index in [2.05, 4.69) is 71.5 Å². The van der Waals surface area contributed by atoms with Gasteiger partial charge in [0.2, 0.25) is 0 Å². The molecule has 1 aromatic heterocycles. The van der Waals surface area contributed by atoms with Crippen molar-refractivity contribution in [3.05, 3.63) is 63.1 Å². The van der Waals surface area contributed by atoms with Crippen LogP contribution in [-0.4, -0.2) is 33.7 Å². The lowest BCUT2D eigenvalue weighted by Crippen LogP contribution is -2.47. The first kappa shape index (κ1) is 19.8. The summed E-state index contributed by atoms with van der Waals surface area (Å²) in [5, 5.41) is 10.5. The highest BCUT2D eigenvalue weighted by atomic mass is 16.1. The van der Waals surface area contributed by atoms with Crippen LogP contribution in [0.1, 0.15) is 56.0 Å². The first-order valence-corrected chi connectivity index (χ1v) is 10.2. The molecule has 0 aliphatic carbocycles. The molecular weight excluding hydrogens is 336 g/mol. The normalized spacial score (nSPS) is 20.7. The quantitative estimate of drug-likeness (QED) is 0.789. The molecule has 1 saturated heterocycles. The van der Waals surface area contributed by atoms with Gasteiger partial charge >= 0.3 is 0 Å². The number of aromatic nitrogens is 2. The second-order valence-corrected chi connectivity index (χ2v) is 7.57. The Morgan fingerprint density at radius 2 is 1.96 bits per heavy atom. The van der Waals surface area contributed by atoms with Crippen LogP contribution in [0.25, 0.3) is 0 Å². The topological polar surface area (TPSA) is 61.0 Å². The molecule has 1 fully saturated rings. The summed E-state index contributed by atoms with van der Waals surface area (Å²) >= 11 is 0. The van der Waals surface area contributed by atoms with E-state index in [-0.39, 0.29) is 5.56 Å². The van der Waals surface area contributed by atoms with E-state index in [1.165, 1.54) is 5.56 Å². The molecule has 2 heterocycles. The van der Waals surface area contributed by atoms with Crippen LogP contribution >= 0.6 is 0 Å². The van der Waals surface area contributed by atoms with Crippen molar-refractivity contribution in [2.75, 3.05) is 6.54 Å². The van der Waals surface area contributed by atoms with E-state index in [1.807, 2.05) is 0 Å². The van der Waals surface area contributed by atoms with E-state index in [9.17, 15) is 4.79 Å². The minimum Gasteiger partial charge on any atom is -0.310 e.